The quantitative estimate of drug-likeness (QED) is 0.426. The molecule has 7 heteroatoms. The lowest BCUT2D eigenvalue weighted by Gasteiger charge is -2.24. The molecule has 0 saturated carbocycles. The van der Waals surface area contributed by atoms with E-state index in [0.717, 1.165) is 64.3 Å². The van der Waals surface area contributed by atoms with Crippen molar-refractivity contribution in [1.29, 1.82) is 0 Å². The fraction of sp³-hybridized carbons (Fsp3) is 0.269. The van der Waals surface area contributed by atoms with Gasteiger partial charge in [0.1, 0.15) is 11.9 Å². The van der Waals surface area contributed by atoms with E-state index in [0.29, 0.717) is 5.13 Å². The van der Waals surface area contributed by atoms with Gasteiger partial charge in [0.25, 0.3) is 0 Å². The smallest absolute Gasteiger partial charge is 0.230 e. The number of aromatic nitrogens is 2. The normalized spacial score (nSPS) is 14.3. The highest BCUT2D eigenvalue weighted by Gasteiger charge is 2.15. The maximum Gasteiger partial charge on any atom is 0.230 e. The lowest BCUT2D eigenvalue weighted by molar-refractivity contribution is -0.115. The van der Waals surface area contributed by atoms with Crippen LogP contribution < -0.4 is 15.4 Å². The molecule has 1 saturated heterocycles. The van der Waals surface area contributed by atoms with Crippen molar-refractivity contribution >= 4 is 33.3 Å². The number of para-hydroxylation sites is 1. The number of anilines is 1. The van der Waals surface area contributed by atoms with Crippen molar-refractivity contribution in [2.45, 2.75) is 32.3 Å². The third-order valence-corrected chi connectivity index (χ3v) is 6.57. The Morgan fingerprint density at radius 1 is 1.15 bits per heavy atom. The second kappa shape index (κ2) is 9.68. The fourth-order valence-electron chi connectivity index (χ4n) is 4.10. The zero-order valence-electron chi connectivity index (χ0n) is 18.5. The van der Waals surface area contributed by atoms with Gasteiger partial charge in [0.15, 0.2) is 5.13 Å². The highest BCUT2D eigenvalue weighted by Crippen LogP contribution is 2.27. The Kier molecular flexibility index (Phi) is 6.32. The summed E-state index contributed by atoms with van der Waals surface area (Å²) >= 11 is 1.47. The third kappa shape index (κ3) is 5.21. The van der Waals surface area contributed by atoms with Gasteiger partial charge in [0, 0.05) is 22.0 Å². The predicted molar refractivity (Wildman–Crippen MR) is 133 cm³/mol. The van der Waals surface area contributed by atoms with Crippen molar-refractivity contribution in [3.05, 3.63) is 71.2 Å². The summed E-state index contributed by atoms with van der Waals surface area (Å²) in [5.74, 6) is 0.772. The topological polar surface area (TPSA) is 76.1 Å². The molecule has 0 aliphatic carbocycles. The van der Waals surface area contributed by atoms with Gasteiger partial charge in [-0.15, -0.1) is 11.3 Å². The van der Waals surface area contributed by atoms with E-state index in [1.54, 1.807) is 6.20 Å². The van der Waals surface area contributed by atoms with Crippen molar-refractivity contribution < 1.29 is 9.53 Å². The maximum atomic E-state index is 12.6. The number of hydrogen-bond acceptors (Lipinski definition) is 6. The number of benzene rings is 2. The van der Waals surface area contributed by atoms with Gasteiger partial charge in [0.2, 0.25) is 5.91 Å². The number of carbonyl (C=O) groups is 1. The molecular weight excluding hydrogens is 432 g/mol. The molecule has 0 spiro atoms. The molecule has 2 N–H and O–H groups in total. The molecule has 0 atom stereocenters. The van der Waals surface area contributed by atoms with Gasteiger partial charge in [-0.1, -0.05) is 36.4 Å². The van der Waals surface area contributed by atoms with Crippen LogP contribution in [0.1, 0.15) is 23.3 Å². The molecule has 1 aliphatic heterocycles. The number of aryl methyl sites for hydroxylation is 1. The number of hydrogen-bond donors (Lipinski definition) is 2. The molecule has 168 valence electrons. The van der Waals surface area contributed by atoms with Crippen molar-refractivity contribution in [2.75, 3.05) is 18.4 Å². The molecule has 4 aromatic rings. The van der Waals surface area contributed by atoms with Crippen LogP contribution >= 0.6 is 11.3 Å². The number of thiazole rings is 1. The van der Waals surface area contributed by atoms with Gasteiger partial charge in [-0.3, -0.25) is 4.79 Å². The van der Waals surface area contributed by atoms with Crippen molar-refractivity contribution in [1.82, 2.24) is 15.3 Å². The number of nitrogens with zero attached hydrogens (tertiary/aromatic N) is 2. The molecule has 33 heavy (non-hydrogen) atoms. The molecule has 0 unspecified atom stereocenters. The van der Waals surface area contributed by atoms with E-state index in [2.05, 4.69) is 27.8 Å². The lowest BCUT2D eigenvalue weighted by Crippen LogP contribution is -2.34. The zero-order valence-corrected chi connectivity index (χ0v) is 19.3. The highest BCUT2D eigenvalue weighted by atomic mass is 32.1. The van der Waals surface area contributed by atoms with E-state index in [-0.39, 0.29) is 18.4 Å². The summed E-state index contributed by atoms with van der Waals surface area (Å²) in [5.41, 5.74) is 3.59. The number of pyridine rings is 1. The summed E-state index contributed by atoms with van der Waals surface area (Å²) in [6, 6.07) is 18.1. The second-order valence-corrected chi connectivity index (χ2v) is 9.52. The average Bonchev–Trinajstić information content (AvgIpc) is 3.24. The van der Waals surface area contributed by atoms with E-state index in [9.17, 15) is 4.79 Å². The predicted octanol–water partition coefficient (Wildman–Crippen LogP) is 4.98. The minimum absolute atomic E-state index is 0.0959. The van der Waals surface area contributed by atoms with Crippen LogP contribution in [-0.2, 0) is 11.2 Å². The molecule has 0 radical (unpaired) electrons. The number of nitrogens with one attached hydrogen (secondary N) is 2. The first-order valence-electron chi connectivity index (χ1n) is 11.2. The SMILES string of the molecule is Cc1cnc(NC(=O)Cc2cccc3ccc(-c4cccc(OC5CCNCC5)c4)nc23)s1. The molecular formula is C26H26N4O2S. The van der Waals surface area contributed by atoms with Crippen LogP contribution in [0.15, 0.2) is 60.8 Å². The van der Waals surface area contributed by atoms with E-state index >= 15 is 0 Å². The molecule has 0 bridgehead atoms. The Morgan fingerprint density at radius 3 is 2.82 bits per heavy atom. The first-order chi connectivity index (χ1) is 16.1. The highest BCUT2D eigenvalue weighted by molar-refractivity contribution is 7.15. The number of amides is 1. The second-order valence-electron chi connectivity index (χ2n) is 8.28. The van der Waals surface area contributed by atoms with E-state index < -0.39 is 0 Å². The van der Waals surface area contributed by atoms with Crippen LogP contribution in [0, 0.1) is 6.92 Å². The summed E-state index contributed by atoms with van der Waals surface area (Å²) in [7, 11) is 0. The molecule has 1 fully saturated rings. The lowest BCUT2D eigenvalue weighted by atomic mass is 10.0. The fourth-order valence-corrected chi connectivity index (χ4v) is 4.78. The monoisotopic (exact) mass is 458 g/mol. The number of ether oxygens (including phenoxy) is 1. The van der Waals surface area contributed by atoms with Gasteiger partial charge in [-0.05, 0) is 56.6 Å². The molecule has 2 aromatic heterocycles. The van der Waals surface area contributed by atoms with Crippen molar-refractivity contribution in [3.8, 4) is 17.0 Å². The van der Waals surface area contributed by atoms with Crippen molar-refractivity contribution in [2.24, 2.45) is 0 Å². The van der Waals surface area contributed by atoms with E-state index in [1.807, 2.05) is 49.4 Å². The minimum Gasteiger partial charge on any atom is -0.490 e. The van der Waals surface area contributed by atoms with Gasteiger partial charge in [-0.2, -0.15) is 0 Å². The maximum absolute atomic E-state index is 12.6. The van der Waals surface area contributed by atoms with Crippen molar-refractivity contribution in [3.63, 3.8) is 0 Å². The zero-order chi connectivity index (χ0) is 22.6. The Morgan fingerprint density at radius 2 is 2.00 bits per heavy atom. The standard InChI is InChI=1S/C26H26N4O2S/c1-17-16-28-26(33-17)30-24(31)15-20-6-2-4-18-8-9-23(29-25(18)20)19-5-3-7-22(14-19)32-21-10-12-27-13-11-21/h2-9,14,16,21,27H,10-13,15H2,1H3,(H,28,30,31). The van der Waals surface area contributed by atoms with Crippen LogP contribution in [0.25, 0.3) is 22.2 Å². The number of carbonyl (C=O) groups excluding carboxylic acids is 1. The molecule has 1 aliphatic rings. The summed E-state index contributed by atoms with van der Waals surface area (Å²) in [5, 5.41) is 7.89. The Hall–Kier alpha value is -3.29. The summed E-state index contributed by atoms with van der Waals surface area (Å²) in [6.07, 6.45) is 4.28. The summed E-state index contributed by atoms with van der Waals surface area (Å²) < 4.78 is 6.21. The average molecular weight is 459 g/mol. The third-order valence-electron chi connectivity index (χ3n) is 5.74. The van der Waals surface area contributed by atoms with Gasteiger partial charge in [0.05, 0.1) is 17.6 Å². The number of fused-ring (bicyclic) bond motifs is 1. The Bertz CT molecular complexity index is 1280. The van der Waals surface area contributed by atoms with Gasteiger partial charge < -0.3 is 15.4 Å². The van der Waals surface area contributed by atoms with Crippen LogP contribution in [0.4, 0.5) is 5.13 Å². The van der Waals surface area contributed by atoms with Crippen LogP contribution in [0.3, 0.4) is 0 Å². The Balaban J connectivity index is 1.38. The van der Waals surface area contributed by atoms with Crippen LogP contribution in [-0.4, -0.2) is 35.1 Å². The van der Waals surface area contributed by atoms with Crippen LogP contribution in [0.2, 0.25) is 0 Å². The summed E-state index contributed by atoms with van der Waals surface area (Å²) in [4.78, 5) is 22.9. The number of rotatable bonds is 6. The molecule has 2 aromatic carbocycles. The molecule has 6 nitrogen and oxygen atoms in total. The Labute approximate surface area is 197 Å². The first-order valence-corrected chi connectivity index (χ1v) is 12.0. The number of piperidine rings is 1. The van der Waals surface area contributed by atoms with Gasteiger partial charge >= 0.3 is 0 Å². The summed E-state index contributed by atoms with van der Waals surface area (Å²) in [6.45, 7) is 3.96. The largest absolute Gasteiger partial charge is 0.490 e. The molecule has 5 rings (SSSR count). The first kappa shape index (κ1) is 21.6. The minimum atomic E-state index is -0.0959. The van der Waals surface area contributed by atoms with Crippen LogP contribution in [0.5, 0.6) is 5.75 Å². The van der Waals surface area contributed by atoms with E-state index in [4.69, 9.17) is 9.72 Å². The van der Waals surface area contributed by atoms with Gasteiger partial charge in [-0.25, -0.2) is 9.97 Å². The van der Waals surface area contributed by atoms with E-state index in [1.165, 1.54) is 11.3 Å². The molecule has 1 amide bonds. The molecule has 3 heterocycles.